The molecule has 0 saturated carbocycles. The summed E-state index contributed by atoms with van der Waals surface area (Å²) >= 11 is 3.43. The molecular weight excluding hydrogens is 556 g/mol. The molecule has 0 aliphatic heterocycles. The largest absolute Gasteiger partial charge is 0.339 e. The van der Waals surface area contributed by atoms with Crippen molar-refractivity contribution in [1.29, 1.82) is 0 Å². The van der Waals surface area contributed by atoms with E-state index in [9.17, 15) is 9.59 Å². The number of rotatable bonds is 8. The fourth-order valence-electron chi connectivity index (χ4n) is 3.77. The highest BCUT2D eigenvalue weighted by Gasteiger charge is 2.16. The molecule has 4 N–H and O–H groups in total. The third-order valence-electron chi connectivity index (χ3n) is 5.61. The summed E-state index contributed by atoms with van der Waals surface area (Å²) in [6.07, 6.45) is 3.28. The van der Waals surface area contributed by atoms with Crippen LogP contribution in [-0.4, -0.2) is 21.8 Å². The van der Waals surface area contributed by atoms with Crippen LogP contribution in [0.1, 0.15) is 20.7 Å². The molecule has 0 radical (unpaired) electrons. The molecule has 0 aliphatic carbocycles. The van der Waals surface area contributed by atoms with Gasteiger partial charge in [-0.05, 0) is 66.7 Å². The van der Waals surface area contributed by atoms with Gasteiger partial charge in [-0.2, -0.15) is 0 Å². The van der Waals surface area contributed by atoms with Crippen molar-refractivity contribution in [2.75, 3.05) is 21.3 Å². The molecule has 2 aromatic heterocycles. The monoisotopic (exact) mass is 578 g/mol. The molecule has 39 heavy (non-hydrogen) atoms. The Morgan fingerprint density at radius 1 is 0.564 bits per heavy atom. The van der Waals surface area contributed by atoms with Crippen LogP contribution in [0.3, 0.4) is 0 Å². The maximum Gasteiger partial charge on any atom is 0.255 e. The smallest absolute Gasteiger partial charge is 0.255 e. The van der Waals surface area contributed by atoms with E-state index < -0.39 is 0 Å². The van der Waals surface area contributed by atoms with Gasteiger partial charge in [0.15, 0.2) is 11.6 Å². The lowest BCUT2D eigenvalue weighted by atomic mass is 10.1. The van der Waals surface area contributed by atoms with E-state index in [0.717, 1.165) is 11.4 Å². The highest BCUT2D eigenvalue weighted by Crippen LogP contribution is 2.26. The second kappa shape index (κ2) is 12.0. The Morgan fingerprint density at radius 3 is 1.44 bits per heavy atom. The van der Waals surface area contributed by atoms with Crippen LogP contribution in [0.25, 0.3) is 0 Å². The van der Waals surface area contributed by atoms with Gasteiger partial charge in [-0.3, -0.25) is 9.59 Å². The zero-order chi connectivity index (χ0) is 27.0. The van der Waals surface area contributed by atoms with Gasteiger partial charge in [-0.15, -0.1) is 0 Å². The van der Waals surface area contributed by atoms with E-state index in [1.807, 2.05) is 60.7 Å². The lowest BCUT2D eigenvalue weighted by molar-refractivity contribution is 0.102. The second-order valence-corrected chi connectivity index (χ2v) is 9.33. The number of aromatic nitrogens is 2. The summed E-state index contributed by atoms with van der Waals surface area (Å²) in [6, 6.07) is 30.9. The number of hydrogen-bond donors (Lipinski definition) is 4. The Hall–Kier alpha value is -5.02. The Balaban J connectivity index is 1.34. The van der Waals surface area contributed by atoms with Crippen LogP contribution in [0.4, 0.5) is 34.4 Å². The van der Waals surface area contributed by atoms with Gasteiger partial charge < -0.3 is 21.3 Å². The van der Waals surface area contributed by atoms with E-state index in [1.165, 1.54) is 6.07 Å². The predicted molar refractivity (Wildman–Crippen MR) is 158 cm³/mol. The molecule has 0 aliphatic rings. The van der Waals surface area contributed by atoms with Crippen LogP contribution in [0.15, 0.2) is 120 Å². The number of carbonyl (C=O) groups is 2. The Kier molecular flexibility index (Phi) is 7.89. The minimum atomic E-state index is -0.387. The topological polar surface area (TPSA) is 108 Å². The number of carbonyl (C=O) groups excluding carboxylic acids is 2. The molecule has 0 spiro atoms. The summed E-state index contributed by atoms with van der Waals surface area (Å²) in [7, 11) is 0. The number of pyridine rings is 2. The lowest BCUT2D eigenvalue weighted by Crippen LogP contribution is -2.17. The quantitative estimate of drug-likeness (QED) is 0.155. The molecule has 0 atom stereocenters. The average Bonchev–Trinajstić information content (AvgIpc) is 2.96. The first-order chi connectivity index (χ1) is 19.0. The number of halogens is 1. The zero-order valence-corrected chi connectivity index (χ0v) is 22.1. The molecule has 3 aromatic carbocycles. The highest BCUT2D eigenvalue weighted by atomic mass is 79.9. The van der Waals surface area contributed by atoms with Gasteiger partial charge in [0, 0.05) is 39.4 Å². The summed E-state index contributed by atoms with van der Waals surface area (Å²) in [6.45, 7) is 0. The van der Waals surface area contributed by atoms with Crippen molar-refractivity contribution in [3.63, 3.8) is 0 Å². The molecule has 0 fully saturated rings. The zero-order valence-electron chi connectivity index (χ0n) is 20.6. The van der Waals surface area contributed by atoms with Gasteiger partial charge in [-0.1, -0.05) is 52.3 Å². The van der Waals surface area contributed by atoms with Crippen LogP contribution < -0.4 is 21.3 Å². The number of benzene rings is 3. The SMILES string of the molecule is O=C(Nc1cccnc1Nc1ccccc1)c1cc(Br)cc(C(=O)Nc2cccnc2Nc2ccccc2)c1. The fraction of sp³-hybridized carbons (Fsp3) is 0. The molecule has 8 nitrogen and oxygen atoms in total. The summed E-state index contributed by atoms with van der Waals surface area (Å²) in [4.78, 5) is 35.2. The van der Waals surface area contributed by atoms with Gasteiger partial charge in [0.05, 0.1) is 11.4 Å². The second-order valence-electron chi connectivity index (χ2n) is 8.42. The van der Waals surface area contributed by atoms with Crippen LogP contribution >= 0.6 is 15.9 Å². The Bertz CT molecular complexity index is 1500. The van der Waals surface area contributed by atoms with Crippen molar-refractivity contribution in [2.24, 2.45) is 0 Å². The minimum Gasteiger partial charge on any atom is -0.339 e. The van der Waals surface area contributed by atoms with Gasteiger partial charge in [0.25, 0.3) is 11.8 Å². The van der Waals surface area contributed by atoms with Crippen molar-refractivity contribution in [1.82, 2.24) is 9.97 Å². The Labute approximate surface area is 233 Å². The summed E-state index contributed by atoms with van der Waals surface area (Å²) < 4.78 is 0.586. The van der Waals surface area contributed by atoms with Crippen LogP contribution in [0.5, 0.6) is 0 Å². The minimum absolute atomic E-state index is 0.304. The molecular formula is C30H23BrN6O2. The number of nitrogens with one attached hydrogen (secondary N) is 4. The maximum atomic E-state index is 13.2. The van der Waals surface area contributed by atoms with Crippen molar-refractivity contribution < 1.29 is 9.59 Å². The van der Waals surface area contributed by atoms with E-state index >= 15 is 0 Å². The van der Waals surface area contributed by atoms with Crippen molar-refractivity contribution in [3.8, 4) is 0 Å². The van der Waals surface area contributed by atoms with E-state index in [4.69, 9.17) is 0 Å². The van der Waals surface area contributed by atoms with Crippen molar-refractivity contribution in [3.05, 3.63) is 131 Å². The van der Waals surface area contributed by atoms with Gasteiger partial charge in [0.2, 0.25) is 0 Å². The third-order valence-corrected chi connectivity index (χ3v) is 6.06. The highest BCUT2D eigenvalue weighted by molar-refractivity contribution is 9.10. The number of anilines is 6. The molecule has 5 aromatic rings. The van der Waals surface area contributed by atoms with Gasteiger partial charge >= 0.3 is 0 Å². The number of para-hydroxylation sites is 2. The van der Waals surface area contributed by atoms with E-state index in [-0.39, 0.29) is 11.8 Å². The number of hydrogen-bond acceptors (Lipinski definition) is 6. The molecule has 192 valence electrons. The van der Waals surface area contributed by atoms with Crippen LogP contribution in [0.2, 0.25) is 0 Å². The van der Waals surface area contributed by atoms with Crippen LogP contribution in [0, 0.1) is 0 Å². The molecule has 9 heteroatoms. The summed E-state index contributed by atoms with van der Waals surface area (Å²) in [5.74, 6) is 0.226. The van der Waals surface area contributed by atoms with E-state index in [1.54, 1.807) is 48.8 Å². The van der Waals surface area contributed by atoms with Gasteiger partial charge in [0.1, 0.15) is 0 Å². The van der Waals surface area contributed by atoms with Crippen LogP contribution in [-0.2, 0) is 0 Å². The lowest BCUT2D eigenvalue weighted by Gasteiger charge is -2.14. The molecule has 0 bridgehead atoms. The average molecular weight is 579 g/mol. The van der Waals surface area contributed by atoms with E-state index in [2.05, 4.69) is 47.2 Å². The van der Waals surface area contributed by atoms with Crippen molar-refractivity contribution in [2.45, 2.75) is 0 Å². The molecule has 2 heterocycles. The molecule has 2 amide bonds. The van der Waals surface area contributed by atoms with Gasteiger partial charge in [-0.25, -0.2) is 9.97 Å². The molecule has 0 unspecified atom stereocenters. The summed E-state index contributed by atoms with van der Waals surface area (Å²) in [5, 5.41) is 12.2. The van der Waals surface area contributed by atoms with E-state index in [0.29, 0.717) is 38.6 Å². The predicted octanol–water partition coefficient (Wildman–Crippen LogP) is 7.23. The Morgan fingerprint density at radius 2 is 1.00 bits per heavy atom. The maximum absolute atomic E-state index is 13.2. The molecule has 5 rings (SSSR count). The first-order valence-corrected chi connectivity index (χ1v) is 12.8. The number of amides is 2. The number of nitrogens with zero attached hydrogens (tertiary/aromatic N) is 2. The molecule has 0 saturated heterocycles. The standard InChI is InChI=1S/C30H23BrN6O2/c31-22-18-20(29(38)36-25-13-7-15-32-27(25)34-23-9-3-1-4-10-23)17-21(19-22)30(39)37-26-14-8-16-33-28(26)35-24-11-5-2-6-12-24/h1-19H,(H,32,34)(H,33,35)(H,36,38)(H,37,39). The normalized spacial score (nSPS) is 10.4. The third kappa shape index (κ3) is 6.65. The van der Waals surface area contributed by atoms with Crippen molar-refractivity contribution >= 4 is 62.1 Å². The fourth-order valence-corrected chi connectivity index (χ4v) is 4.26. The summed E-state index contributed by atoms with van der Waals surface area (Å²) in [5.41, 5.74) is 3.29. The first kappa shape index (κ1) is 25.6. The first-order valence-electron chi connectivity index (χ1n) is 12.0.